The van der Waals surface area contributed by atoms with Crippen LogP contribution in [0.4, 0.5) is 24.8 Å². The van der Waals surface area contributed by atoms with Crippen LogP contribution in [0.15, 0.2) is 67.0 Å². The Morgan fingerprint density at radius 3 is 2.70 bits per heavy atom. The standard InChI is InChI=1S/C30H28ClF3N6O3/c1-29(9-4-11-38-29)17-42-21-15-19(30(32,33)34)14-20(16-21)39-26(41)18-6-7-23(31)25(13-18)43-27-22(5-3-10-36-27)24-8-12-37-28(35-2)40-24/h3,5-8,10,12-16,38H,4,9,11,17H2,1-2H3,(H,39,41)(H,35,37,40)/t29-/m0/s1. The Balaban J connectivity index is 1.38. The van der Waals surface area contributed by atoms with Gasteiger partial charge in [0.05, 0.1) is 21.8 Å². The predicted molar refractivity (Wildman–Crippen MR) is 157 cm³/mol. The van der Waals surface area contributed by atoms with Crippen LogP contribution in [0, 0.1) is 0 Å². The minimum Gasteiger partial charge on any atom is -0.492 e. The number of halogens is 4. The molecule has 1 aliphatic heterocycles. The second kappa shape index (κ2) is 12.4. The zero-order valence-corrected chi connectivity index (χ0v) is 24.0. The van der Waals surface area contributed by atoms with E-state index >= 15 is 0 Å². The number of aromatic nitrogens is 3. The van der Waals surface area contributed by atoms with Gasteiger partial charge >= 0.3 is 6.18 Å². The summed E-state index contributed by atoms with van der Waals surface area (Å²) >= 11 is 6.38. The van der Waals surface area contributed by atoms with Gasteiger partial charge in [-0.05, 0) is 74.8 Å². The van der Waals surface area contributed by atoms with Gasteiger partial charge in [-0.2, -0.15) is 13.2 Å². The molecule has 43 heavy (non-hydrogen) atoms. The van der Waals surface area contributed by atoms with Crippen LogP contribution in [0.2, 0.25) is 5.02 Å². The number of hydrogen-bond donors (Lipinski definition) is 3. The van der Waals surface area contributed by atoms with Gasteiger partial charge in [0.25, 0.3) is 5.91 Å². The average molecular weight is 613 g/mol. The first-order valence-corrected chi connectivity index (χ1v) is 13.8. The third-order valence-electron chi connectivity index (χ3n) is 6.83. The van der Waals surface area contributed by atoms with Crippen LogP contribution in [0.1, 0.15) is 35.7 Å². The second-order valence-electron chi connectivity index (χ2n) is 10.2. The van der Waals surface area contributed by atoms with Gasteiger partial charge in [-0.15, -0.1) is 0 Å². The number of nitrogens with zero attached hydrogens (tertiary/aromatic N) is 3. The van der Waals surface area contributed by atoms with Crippen molar-refractivity contribution in [3.8, 4) is 28.6 Å². The van der Waals surface area contributed by atoms with Crippen molar-refractivity contribution >= 4 is 29.1 Å². The lowest BCUT2D eigenvalue weighted by Crippen LogP contribution is -2.42. The fourth-order valence-corrected chi connectivity index (χ4v) is 4.72. The topological polar surface area (TPSA) is 110 Å². The van der Waals surface area contributed by atoms with Crippen molar-refractivity contribution in [2.24, 2.45) is 0 Å². The first-order valence-electron chi connectivity index (χ1n) is 13.4. The van der Waals surface area contributed by atoms with Crippen LogP contribution < -0.4 is 25.4 Å². The van der Waals surface area contributed by atoms with E-state index in [1.807, 2.05) is 6.92 Å². The molecule has 0 unspecified atom stereocenters. The normalized spacial score (nSPS) is 16.5. The highest BCUT2D eigenvalue weighted by molar-refractivity contribution is 6.32. The minimum absolute atomic E-state index is 0.00554. The van der Waals surface area contributed by atoms with E-state index in [-0.39, 0.29) is 45.8 Å². The summed E-state index contributed by atoms with van der Waals surface area (Å²) in [7, 11) is 1.69. The molecule has 0 aliphatic carbocycles. The molecule has 1 saturated heterocycles. The van der Waals surface area contributed by atoms with Gasteiger partial charge in [0, 0.05) is 42.3 Å². The lowest BCUT2D eigenvalue weighted by atomic mass is 10.0. The average Bonchev–Trinajstić information content (AvgIpc) is 3.43. The molecule has 1 amide bonds. The number of pyridine rings is 1. The largest absolute Gasteiger partial charge is 0.492 e. The molecule has 0 radical (unpaired) electrons. The maximum atomic E-state index is 13.7. The lowest BCUT2D eigenvalue weighted by molar-refractivity contribution is -0.137. The van der Waals surface area contributed by atoms with E-state index < -0.39 is 17.6 Å². The molecule has 1 atom stereocenters. The summed E-state index contributed by atoms with van der Waals surface area (Å²) in [5.74, 6) is 0.00727. The summed E-state index contributed by atoms with van der Waals surface area (Å²) in [5.41, 5.74) is -0.183. The highest BCUT2D eigenvalue weighted by Gasteiger charge is 2.33. The fourth-order valence-electron chi connectivity index (χ4n) is 4.57. The van der Waals surface area contributed by atoms with E-state index in [9.17, 15) is 18.0 Å². The quantitative estimate of drug-likeness (QED) is 0.189. The smallest absolute Gasteiger partial charge is 0.416 e. The summed E-state index contributed by atoms with van der Waals surface area (Å²) in [4.78, 5) is 26.0. The minimum atomic E-state index is -4.65. The van der Waals surface area contributed by atoms with E-state index in [0.717, 1.165) is 31.5 Å². The molecule has 1 fully saturated rings. The maximum Gasteiger partial charge on any atom is 0.416 e. The number of rotatable bonds is 9. The number of carbonyl (C=O) groups is 1. The Kier molecular flexibility index (Phi) is 8.69. The second-order valence-corrected chi connectivity index (χ2v) is 10.6. The Morgan fingerprint density at radius 1 is 1.12 bits per heavy atom. The van der Waals surface area contributed by atoms with Crippen molar-refractivity contribution in [2.45, 2.75) is 31.5 Å². The van der Waals surface area contributed by atoms with Gasteiger partial charge in [0.2, 0.25) is 11.8 Å². The third kappa shape index (κ3) is 7.33. The molecule has 0 bridgehead atoms. The lowest BCUT2D eigenvalue weighted by Gasteiger charge is -2.25. The molecule has 5 rings (SSSR count). The van der Waals surface area contributed by atoms with E-state index in [1.54, 1.807) is 31.4 Å². The molecule has 2 aromatic carbocycles. The van der Waals surface area contributed by atoms with Crippen LogP contribution in [-0.4, -0.2) is 46.6 Å². The van der Waals surface area contributed by atoms with Crippen LogP contribution in [0.25, 0.3) is 11.3 Å². The van der Waals surface area contributed by atoms with Crippen molar-refractivity contribution in [1.29, 1.82) is 0 Å². The summed E-state index contributed by atoms with van der Waals surface area (Å²) < 4.78 is 52.8. The molecule has 3 heterocycles. The summed E-state index contributed by atoms with van der Waals surface area (Å²) in [6.07, 6.45) is 0.259. The van der Waals surface area contributed by atoms with Gasteiger partial charge < -0.3 is 25.4 Å². The monoisotopic (exact) mass is 612 g/mol. The molecular weight excluding hydrogens is 585 g/mol. The molecule has 2 aromatic heterocycles. The Morgan fingerprint density at radius 2 is 1.95 bits per heavy atom. The SMILES string of the molecule is CNc1nccc(-c2cccnc2Oc2cc(C(=O)Nc3cc(OC[C@]4(C)CCCN4)cc(C(F)(F)F)c3)ccc2Cl)n1. The number of nitrogens with one attached hydrogen (secondary N) is 3. The molecule has 13 heteroatoms. The van der Waals surface area contributed by atoms with Gasteiger partial charge in [0.15, 0.2) is 0 Å². The highest BCUT2D eigenvalue weighted by Crippen LogP contribution is 2.37. The molecule has 0 spiro atoms. The van der Waals surface area contributed by atoms with Gasteiger partial charge in [-0.25, -0.2) is 15.0 Å². The molecule has 1 aliphatic rings. The molecule has 224 valence electrons. The zero-order chi connectivity index (χ0) is 30.6. The van der Waals surface area contributed by atoms with Crippen LogP contribution in [-0.2, 0) is 6.18 Å². The van der Waals surface area contributed by atoms with Crippen LogP contribution in [0.5, 0.6) is 17.4 Å². The van der Waals surface area contributed by atoms with Crippen molar-refractivity contribution in [3.63, 3.8) is 0 Å². The Labute approximate surface area is 250 Å². The van der Waals surface area contributed by atoms with Crippen molar-refractivity contribution in [2.75, 3.05) is 30.8 Å². The fraction of sp³-hybridized carbons (Fsp3) is 0.267. The summed E-state index contributed by atoms with van der Waals surface area (Å²) in [6, 6.07) is 12.6. The number of anilines is 2. The van der Waals surface area contributed by atoms with Crippen molar-refractivity contribution in [1.82, 2.24) is 20.3 Å². The van der Waals surface area contributed by atoms with E-state index in [4.69, 9.17) is 21.1 Å². The van der Waals surface area contributed by atoms with Crippen molar-refractivity contribution < 1.29 is 27.4 Å². The summed E-state index contributed by atoms with van der Waals surface area (Å²) in [6.45, 7) is 2.95. The number of benzene rings is 2. The highest BCUT2D eigenvalue weighted by atomic mass is 35.5. The number of ether oxygens (including phenoxy) is 2. The van der Waals surface area contributed by atoms with E-state index in [2.05, 4.69) is 30.9 Å². The van der Waals surface area contributed by atoms with E-state index in [1.165, 1.54) is 30.5 Å². The Hall–Kier alpha value is -4.42. The summed E-state index contributed by atoms with van der Waals surface area (Å²) in [5, 5.41) is 8.90. The van der Waals surface area contributed by atoms with Gasteiger partial charge in [-0.3, -0.25) is 4.79 Å². The Bertz CT molecular complexity index is 1630. The van der Waals surface area contributed by atoms with Crippen molar-refractivity contribution in [3.05, 3.63) is 83.1 Å². The number of alkyl halides is 3. The number of carbonyl (C=O) groups excluding carboxylic acids is 1. The number of hydrogen-bond acceptors (Lipinski definition) is 8. The number of amides is 1. The molecule has 4 aromatic rings. The third-order valence-corrected chi connectivity index (χ3v) is 7.14. The van der Waals surface area contributed by atoms with Gasteiger partial charge in [0.1, 0.15) is 18.1 Å². The van der Waals surface area contributed by atoms with E-state index in [0.29, 0.717) is 17.2 Å². The molecular formula is C30H28ClF3N6O3. The van der Waals surface area contributed by atoms with Crippen LogP contribution >= 0.6 is 11.6 Å². The predicted octanol–water partition coefficient (Wildman–Crippen LogP) is 6.82. The maximum absolute atomic E-state index is 13.7. The zero-order valence-electron chi connectivity index (χ0n) is 23.3. The molecule has 0 saturated carbocycles. The van der Waals surface area contributed by atoms with Gasteiger partial charge in [-0.1, -0.05) is 11.6 Å². The van der Waals surface area contributed by atoms with Crippen LogP contribution in [0.3, 0.4) is 0 Å². The molecule has 3 N–H and O–H groups in total. The molecule has 9 nitrogen and oxygen atoms in total. The first kappa shape index (κ1) is 30.1. The first-order chi connectivity index (χ1) is 20.5.